The minimum absolute atomic E-state index is 0.0476. The highest BCUT2D eigenvalue weighted by atomic mass is 16.6. The number of hydrogen-bond donors (Lipinski definition) is 1. The Kier molecular flexibility index (Phi) is 5.39. The molecule has 0 bridgehead atoms. The molecule has 1 amide bonds. The molecule has 1 heterocycles. The maximum atomic E-state index is 12.0. The lowest BCUT2D eigenvalue weighted by molar-refractivity contribution is -0.384. The summed E-state index contributed by atoms with van der Waals surface area (Å²) in [6, 6.07) is 10.1. The smallest absolute Gasteiger partial charge is 0.310 e. The number of nitro benzene ring substituents is 1. The number of nitro groups is 1. The van der Waals surface area contributed by atoms with Gasteiger partial charge in [0.1, 0.15) is 11.3 Å². The lowest BCUT2D eigenvalue weighted by atomic mass is 10.1. The lowest BCUT2D eigenvalue weighted by Gasteiger charge is -2.07. The van der Waals surface area contributed by atoms with E-state index in [2.05, 4.69) is 5.32 Å². The van der Waals surface area contributed by atoms with Gasteiger partial charge in [-0.1, -0.05) is 18.2 Å². The first-order chi connectivity index (χ1) is 13.3. The molecular weight excluding hydrogens is 364 g/mol. The number of nitrogens with one attached hydrogen (secondary N) is 1. The van der Waals surface area contributed by atoms with Gasteiger partial charge in [0.25, 0.3) is 11.6 Å². The number of hydrogen-bond acceptors (Lipinski definition) is 6. The zero-order valence-corrected chi connectivity index (χ0v) is 15.4. The molecule has 0 aliphatic carbocycles. The van der Waals surface area contributed by atoms with E-state index in [1.54, 1.807) is 13.0 Å². The van der Waals surface area contributed by atoms with Crippen LogP contribution >= 0.6 is 0 Å². The Bertz CT molecular complexity index is 1070. The predicted molar refractivity (Wildman–Crippen MR) is 102 cm³/mol. The van der Waals surface area contributed by atoms with Crippen LogP contribution in [0.15, 0.2) is 47.1 Å². The van der Waals surface area contributed by atoms with Gasteiger partial charge in [-0.15, -0.1) is 0 Å². The standard InChI is InChI=1S/C20H18N2O6/c1-12-4-6-16(17(7-12)22(25)26)21-19(23)11-28-20(24)9-14-10-27-18-8-13(2)3-5-15(14)18/h3-8,10H,9,11H2,1-2H3,(H,21,23). The van der Waals surface area contributed by atoms with Crippen LogP contribution in [0.25, 0.3) is 11.0 Å². The Morgan fingerprint density at radius 1 is 1.14 bits per heavy atom. The molecule has 1 N–H and O–H groups in total. The molecule has 28 heavy (non-hydrogen) atoms. The molecule has 0 aliphatic rings. The molecule has 0 saturated heterocycles. The summed E-state index contributed by atoms with van der Waals surface area (Å²) in [6.45, 7) is 3.10. The van der Waals surface area contributed by atoms with E-state index in [0.29, 0.717) is 16.7 Å². The average molecular weight is 382 g/mol. The molecule has 0 fully saturated rings. The highest BCUT2D eigenvalue weighted by Gasteiger charge is 2.17. The van der Waals surface area contributed by atoms with Gasteiger partial charge in [-0.25, -0.2) is 0 Å². The molecule has 0 aliphatic heterocycles. The maximum absolute atomic E-state index is 12.0. The van der Waals surface area contributed by atoms with Crippen molar-refractivity contribution in [2.24, 2.45) is 0 Å². The van der Waals surface area contributed by atoms with Crippen molar-refractivity contribution in [2.75, 3.05) is 11.9 Å². The van der Waals surface area contributed by atoms with Gasteiger partial charge in [-0.05, 0) is 37.1 Å². The van der Waals surface area contributed by atoms with Gasteiger partial charge >= 0.3 is 5.97 Å². The number of benzene rings is 2. The van der Waals surface area contributed by atoms with E-state index >= 15 is 0 Å². The van der Waals surface area contributed by atoms with Crippen LogP contribution in [-0.2, 0) is 20.7 Å². The van der Waals surface area contributed by atoms with E-state index in [1.807, 2.05) is 25.1 Å². The van der Waals surface area contributed by atoms with Crippen LogP contribution in [0, 0.1) is 24.0 Å². The summed E-state index contributed by atoms with van der Waals surface area (Å²) in [5.41, 5.74) is 2.89. The van der Waals surface area contributed by atoms with Crippen molar-refractivity contribution >= 4 is 34.2 Å². The van der Waals surface area contributed by atoms with Crippen molar-refractivity contribution in [1.29, 1.82) is 0 Å². The highest BCUT2D eigenvalue weighted by Crippen LogP contribution is 2.25. The van der Waals surface area contributed by atoms with Crippen LogP contribution in [0.3, 0.4) is 0 Å². The van der Waals surface area contributed by atoms with E-state index in [9.17, 15) is 19.7 Å². The molecular formula is C20H18N2O6. The number of nitrogens with zero attached hydrogens (tertiary/aromatic N) is 1. The van der Waals surface area contributed by atoms with Gasteiger partial charge in [-0.3, -0.25) is 19.7 Å². The van der Waals surface area contributed by atoms with E-state index < -0.39 is 23.4 Å². The second-order valence-electron chi connectivity index (χ2n) is 6.42. The molecule has 0 spiro atoms. The van der Waals surface area contributed by atoms with Crippen LogP contribution in [0.2, 0.25) is 0 Å². The summed E-state index contributed by atoms with van der Waals surface area (Å²) in [5, 5.41) is 14.3. The first-order valence-electron chi connectivity index (χ1n) is 8.51. The molecule has 0 saturated carbocycles. The normalized spacial score (nSPS) is 10.6. The third kappa shape index (κ3) is 4.35. The Morgan fingerprint density at radius 3 is 2.61 bits per heavy atom. The minimum atomic E-state index is -0.659. The van der Waals surface area contributed by atoms with Gasteiger partial charge in [-0.2, -0.15) is 0 Å². The second-order valence-corrected chi connectivity index (χ2v) is 6.42. The molecule has 3 rings (SSSR count). The van der Waals surface area contributed by atoms with Gasteiger partial charge in [0, 0.05) is 17.0 Å². The van der Waals surface area contributed by atoms with Crippen molar-refractivity contribution in [3.63, 3.8) is 0 Å². The molecule has 0 radical (unpaired) electrons. The van der Waals surface area contributed by atoms with Gasteiger partial charge in [0.15, 0.2) is 6.61 Å². The van der Waals surface area contributed by atoms with Crippen molar-refractivity contribution in [3.8, 4) is 0 Å². The fourth-order valence-electron chi connectivity index (χ4n) is 2.76. The van der Waals surface area contributed by atoms with Crippen molar-refractivity contribution in [2.45, 2.75) is 20.3 Å². The number of amides is 1. The second kappa shape index (κ2) is 7.91. The largest absolute Gasteiger partial charge is 0.464 e. The summed E-state index contributed by atoms with van der Waals surface area (Å²) < 4.78 is 10.4. The quantitative estimate of drug-likeness (QED) is 0.395. The van der Waals surface area contributed by atoms with Gasteiger partial charge in [0.05, 0.1) is 17.6 Å². The van der Waals surface area contributed by atoms with Crippen LogP contribution in [0.1, 0.15) is 16.7 Å². The number of carbonyl (C=O) groups excluding carboxylic acids is 2. The fourth-order valence-corrected chi connectivity index (χ4v) is 2.76. The number of anilines is 1. The Balaban J connectivity index is 1.59. The zero-order chi connectivity index (χ0) is 20.3. The van der Waals surface area contributed by atoms with E-state index in [-0.39, 0.29) is 17.8 Å². The van der Waals surface area contributed by atoms with Gasteiger partial charge in [0.2, 0.25) is 0 Å². The van der Waals surface area contributed by atoms with Crippen LogP contribution in [-0.4, -0.2) is 23.4 Å². The van der Waals surface area contributed by atoms with E-state index in [0.717, 1.165) is 10.9 Å². The van der Waals surface area contributed by atoms with Crippen molar-refractivity contribution in [3.05, 3.63) is 69.5 Å². The summed E-state index contributed by atoms with van der Waals surface area (Å²) in [5.74, 6) is -1.26. The number of esters is 1. The monoisotopic (exact) mass is 382 g/mol. The fraction of sp³-hybridized carbons (Fsp3) is 0.200. The molecule has 1 aromatic heterocycles. The molecule has 8 heteroatoms. The Labute approximate surface area is 160 Å². The van der Waals surface area contributed by atoms with Crippen LogP contribution in [0.4, 0.5) is 11.4 Å². The Morgan fingerprint density at radius 2 is 1.86 bits per heavy atom. The van der Waals surface area contributed by atoms with Crippen LogP contribution < -0.4 is 5.32 Å². The highest BCUT2D eigenvalue weighted by molar-refractivity contribution is 5.95. The van der Waals surface area contributed by atoms with E-state index in [4.69, 9.17) is 9.15 Å². The summed E-state index contributed by atoms with van der Waals surface area (Å²) in [6.07, 6.45) is 1.44. The zero-order valence-electron chi connectivity index (χ0n) is 15.4. The Hall–Kier alpha value is -3.68. The average Bonchev–Trinajstić information content (AvgIpc) is 3.03. The summed E-state index contributed by atoms with van der Waals surface area (Å²) in [4.78, 5) is 34.5. The minimum Gasteiger partial charge on any atom is -0.464 e. The third-order valence-electron chi connectivity index (χ3n) is 4.13. The van der Waals surface area contributed by atoms with Crippen molar-refractivity contribution < 1.29 is 23.7 Å². The van der Waals surface area contributed by atoms with Gasteiger partial charge < -0.3 is 14.5 Å². The van der Waals surface area contributed by atoms with E-state index in [1.165, 1.54) is 18.4 Å². The SMILES string of the molecule is Cc1ccc(NC(=O)COC(=O)Cc2coc3cc(C)ccc23)c([N+](=O)[O-])c1. The number of aryl methyl sites for hydroxylation is 2. The summed E-state index contributed by atoms with van der Waals surface area (Å²) >= 11 is 0. The number of carbonyl (C=O) groups is 2. The molecule has 2 aromatic carbocycles. The first-order valence-corrected chi connectivity index (χ1v) is 8.51. The molecule has 144 valence electrons. The molecule has 3 aromatic rings. The number of fused-ring (bicyclic) bond motifs is 1. The van der Waals surface area contributed by atoms with Crippen molar-refractivity contribution in [1.82, 2.24) is 0 Å². The third-order valence-corrected chi connectivity index (χ3v) is 4.13. The molecule has 0 atom stereocenters. The maximum Gasteiger partial charge on any atom is 0.310 e. The summed E-state index contributed by atoms with van der Waals surface area (Å²) in [7, 11) is 0. The number of furan rings is 1. The first kappa shape index (κ1) is 19.1. The number of ether oxygens (including phenoxy) is 1. The topological polar surface area (TPSA) is 112 Å². The predicted octanol–water partition coefficient (Wildman–Crippen LogP) is 3.68. The molecule has 8 nitrogen and oxygen atoms in total. The van der Waals surface area contributed by atoms with Crippen LogP contribution in [0.5, 0.6) is 0 Å². The lowest BCUT2D eigenvalue weighted by Crippen LogP contribution is -2.22. The number of rotatable bonds is 6. The molecule has 0 unspecified atom stereocenters.